The first kappa shape index (κ1) is 11.5. The summed E-state index contributed by atoms with van der Waals surface area (Å²) in [5.74, 6) is -1.31. The van der Waals surface area contributed by atoms with Crippen molar-refractivity contribution in [2.45, 2.75) is 18.9 Å². The SMILES string of the molecule is OC(c1ccc(F)cc1F)C1CCOCC1. The Hall–Kier alpha value is -1.00. The predicted molar refractivity (Wildman–Crippen MR) is 54.9 cm³/mol. The fourth-order valence-electron chi connectivity index (χ4n) is 2.03. The highest BCUT2D eigenvalue weighted by molar-refractivity contribution is 5.21. The molecule has 0 bridgehead atoms. The topological polar surface area (TPSA) is 29.5 Å². The molecule has 0 amide bonds. The number of hydrogen-bond acceptors (Lipinski definition) is 2. The minimum Gasteiger partial charge on any atom is -0.388 e. The number of ether oxygens (including phenoxy) is 1. The molecular weight excluding hydrogens is 214 g/mol. The second kappa shape index (κ2) is 4.89. The first-order chi connectivity index (χ1) is 7.68. The standard InChI is InChI=1S/C12H14F2O2/c13-9-1-2-10(11(14)7-9)12(15)8-3-5-16-6-4-8/h1-2,7-8,12,15H,3-6H2. The number of hydrogen-bond donors (Lipinski definition) is 1. The van der Waals surface area contributed by atoms with Crippen molar-refractivity contribution in [3.8, 4) is 0 Å². The Morgan fingerprint density at radius 1 is 1.25 bits per heavy atom. The molecule has 0 aromatic heterocycles. The van der Waals surface area contributed by atoms with Crippen molar-refractivity contribution in [1.29, 1.82) is 0 Å². The highest BCUT2D eigenvalue weighted by atomic mass is 19.1. The fraction of sp³-hybridized carbons (Fsp3) is 0.500. The van der Waals surface area contributed by atoms with Crippen molar-refractivity contribution in [2.24, 2.45) is 5.92 Å². The maximum atomic E-state index is 13.4. The summed E-state index contributed by atoms with van der Waals surface area (Å²) in [4.78, 5) is 0. The molecule has 2 nitrogen and oxygen atoms in total. The minimum atomic E-state index is -0.871. The van der Waals surface area contributed by atoms with E-state index in [0.29, 0.717) is 26.1 Å². The van der Waals surface area contributed by atoms with Crippen molar-refractivity contribution in [3.63, 3.8) is 0 Å². The first-order valence-electron chi connectivity index (χ1n) is 5.39. The zero-order valence-corrected chi connectivity index (χ0v) is 8.83. The summed E-state index contributed by atoms with van der Waals surface area (Å²) < 4.78 is 31.3. The van der Waals surface area contributed by atoms with Crippen LogP contribution < -0.4 is 0 Å². The molecule has 0 radical (unpaired) electrons. The van der Waals surface area contributed by atoms with Crippen LogP contribution in [-0.4, -0.2) is 18.3 Å². The number of aliphatic hydroxyl groups excluding tert-OH is 1. The lowest BCUT2D eigenvalue weighted by Crippen LogP contribution is -2.22. The van der Waals surface area contributed by atoms with Gasteiger partial charge < -0.3 is 9.84 Å². The van der Waals surface area contributed by atoms with E-state index in [1.807, 2.05) is 0 Å². The van der Waals surface area contributed by atoms with Crippen LogP contribution in [0.2, 0.25) is 0 Å². The fourth-order valence-corrected chi connectivity index (χ4v) is 2.03. The van der Waals surface area contributed by atoms with Crippen LogP contribution in [-0.2, 0) is 4.74 Å². The monoisotopic (exact) mass is 228 g/mol. The van der Waals surface area contributed by atoms with Gasteiger partial charge in [-0.3, -0.25) is 0 Å². The van der Waals surface area contributed by atoms with Crippen LogP contribution in [0, 0.1) is 17.6 Å². The van der Waals surface area contributed by atoms with Crippen molar-refractivity contribution in [1.82, 2.24) is 0 Å². The van der Waals surface area contributed by atoms with Gasteiger partial charge in [0.15, 0.2) is 0 Å². The highest BCUT2D eigenvalue weighted by Crippen LogP contribution is 2.31. The molecule has 1 heterocycles. The van der Waals surface area contributed by atoms with Crippen molar-refractivity contribution in [3.05, 3.63) is 35.4 Å². The van der Waals surface area contributed by atoms with E-state index in [0.717, 1.165) is 6.07 Å². The third-order valence-electron chi connectivity index (χ3n) is 2.99. The molecule has 1 saturated heterocycles. The largest absolute Gasteiger partial charge is 0.388 e. The summed E-state index contributed by atoms with van der Waals surface area (Å²) in [5.41, 5.74) is 0.174. The second-order valence-corrected chi connectivity index (χ2v) is 4.06. The summed E-state index contributed by atoms with van der Waals surface area (Å²) in [6.07, 6.45) is 0.542. The molecule has 88 valence electrons. The van der Waals surface area contributed by atoms with E-state index < -0.39 is 17.7 Å². The Bertz CT molecular complexity index is 362. The molecule has 1 fully saturated rings. The molecule has 2 rings (SSSR count). The Morgan fingerprint density at radius 2 is 1.94 bits per heavy atom. The van der Waals surface area contributed by atoms with Crippen molar-refractivity contribution >= 4 is 0 Å². The molecule has 1 aliphatic heterocycles. The lowest BCUT2D eigenvalue weighted by atomic mass is 9.89. The van der Waals surface area contributed by atoms with Gasteiger partial charge in [-0.2, -0.15) is 0 Å². The maximum Gasteiger partial charge on any atom is 0.131 e. The van der Waals surface area contributed by atoms with Gasteiger partial charge in [-0.1, -0.05) is 6.07 Å². The summed E-state index contributed by atoms with van der Waals surface area (Å²) in [5, 5.41) is 10.00. The molecule has 1 atom stereocenters. The third kappa shape index (κ3) is 2.39. The third-order valence-corrected chi connectivity index (χ3v) is 2.99. The lowest BCUT2D eigenvalue weighted by Gasteiger charge is -2.27. The molecule has 1 unspecified atom stereocenters. The molecule has 0 spiro atoms. The van der Waals surface area contributed by atoms with Gasteiger partial charge in [-0.05, 0) is 24.8 Å². The van der Waals surface area contributed by atoms with Crippen LogP contribution in [0.25, 0.3) is 0 Å². The molecule has 4 heteroatoms. The average Bonchev–Trinajstić information content (AvgIpc) is 2.29. The van der Waals surface area contributed by atoms with E-state index in [9.17, 15) is 13.9 Å². The Kier molecular flexibility index (Phi) is 3.51. The summed E-state index contributed by atoms with van der Waals surface area (Å²) in [7, 11) is 0. The van der Waals surface area contributed by atoms with Crippen molar-refractivity contribution in [2.75, 3.05) is 13.2 Å². The normalized spacial score (nSPS) is 19.7. The van der Waals surface area contributed by atoms with Gasteiger partial charge in [-0.15, -0.1) is 0 Å². The zero-order chi connectivity index (χ0) is 11.5. The van der Waals surface area contributed by atoms with Gasteiger partial charge >= 0.3 is 0 Å². The van der Waals surface area contributed by atoms with Gasteiger partial charge in [0.2, 0.25) is 0 Å². The first-order valence-corrected chi connectivity index (χ1v) is 5.39. The molecule has 1 N–H and O–H groups in total. The van der Waals surface area contributed by atoms with E-state index in [2.05, 4.69) is 0 Å². The highest BCUT2D eigenvalue weighted by Gasteiger charge is 2.25. The quantitative estimate of drug-likeness (QED) is 0.842. The van der Waals surface area contributed by atoms with E-state index in [4.69, 9.17) is 4.74 Å². The summed E-state index contributed by atoms with van der Waals surface area (Å²) >= 11 is 0. The molecule has 0 aliphatic carbocycles. The van der Waals surface area contributed by atoms with Gasteiger partial charge in [-0.25, -0.2) is 8.78 Å². The molecule has 16 heavy (non-hydrogen) atoms. The smallest absolute Gasteiger partial charge is 0.131 e. The number of aliphatic hydroxyl groups is 1. The number of halogens is 2. The van der Waals surface area contributed by atoms with E-state index >= 15 is 0 Å². The van der Waals surface area contributed by atoms with Gasteiger partial charge in [0.1, 0.15) is 11.6 Å². The molecule has 1 aliphatic rings. The van der Waals surface area contributed by atoms with Crippen LogP contribution >= 0.6 is 0 Å². The van der Waals surface area contributed by atoms with E-state index in [1.165, 1.54) is 12.1 Å². The Balaban J connectivity index is 2.15. The van der Waals surface area contributed by atoms with Crippen molar-refractivity contribution < 1.29 is 18.6 Å². The molecular formula is C12H14F2O2. The molecule has 0 saturated carbocycles. The number of benzene rings is 1. The summed E-state index contributed by atoms with van der Waals surface area (Å²) in [6.45, 7) is 1.18. The Labute approximate surface area is 92.9 Å². The van der Waals surface area contributed by atoms with Gasteiger partial charge in [0.05, 0.1) is 6.10 Å². The summed E-state index contributed by atoms with van der Waals surface area (Å²) in [6, 6.07) is 3.28. The minimum absolute atomic E-state index is 0.00582. The van der Waals surface area contributed by atoms with Gasteiger partial charge in [0, 0.05) is 24.8 Å². The van der Waals surface area contributed by atoms with E-state index in [1.54, 1.807) is 0 Å². The van der Waals surface area contributed by atoms with Crippen LogP contribution in [0.5, 0.6) is 0 Å². The molecule has 1 aromatic rings. The lowest BCUT2D eigenvalue weighted by molar-refractivity contribution is 0.00586. The predicted octanol–water partition coefficient (Wildman–Crippen LogP) is 2.42. The zero-order valence-electron chi connectivity index (χ0n) is 8.83. The van der Waals surface area contributed by atoms with Crippen LogP contribution in [0.1, 0.15) is 24.5 Å². The Morgan fingerprint density at radius 3 is 2.56 bits per heavy atom. The van der Waals surface area contributed by atoms with E-state index in [-0.39, 0.29) is 11.5 Å². The van der Waals surface area contributed by atoms with Gasteiger partial charge in [0.25, 0.3) is 0 Å². The van der Waals surface area contributed by atoms with Crippen LogP contribution in [0.3, 0.4) is 0 Å². The number of rotatable bonds is 2. The second-order valence-electron chi connectivity index (χ2n) is 4.06. The van der Waals surface area contributed by atoms with Crippen LogP contribution in [0.15, 0.2) is 18.2 Å². The molecule has 1 aromatic carbocycles. The maximum absolute atomic E-state index is 13.4. The van der Waals surface area contributed by atoms with Crippen LogP contribution in [0.4, 0.5) is 8.78 Å². The average molecular weight is 228 g/mol.